The molecular weight excluding hydrogens is 338 g/mol. The zero-order chi connectivity index (χ0) is 19.1. The molecule has 0 atom stereocenters. The molecule has 0 spiro atoms. The van der Waals surface area contributed by atoms with Crippen molar-refractivity contribution in [2.24, 2.45) is 0 Å². The lowest BCUT2D eigenvalue weighted by Gasteiger charge is -2.22. The van der Waals surface area contributed by atoms with Gasteiger partial charge in [-0.1, -0.05) is 49.4 Å². The summed E-state index contributed by atoms with van der Waals surface area (Å²) in [6.45, 7) is 5.03. The molecule has 4 heteroatoms. The Hall–Kier alpha value is -3.01. The topological polar surface area (TPSA) is 42.7 Å². The summed E-state index contributed by atoms with van der Waals surface area (Å²) >= 11 is 0. The van der Waals surface area contributed by atoms with Crippen molar-refractivity contribution in [3.05, 3.63) is 89.4 Å². The number of benzene rings is 2. The van der Waals surface area contributed by atoms with Gasteiger partial charge in [0.1, 0.15) is 11.5 Å². The number of aryl methyl sites for hydroxylation is 2. The van der Waals surface area contributed by atoms with Crippen LogP contribution in [-0.2, 0) is 24.3 Å². The van der Waals surface area contributed by atoms with E-state index < -0.39 is 0 Å². The number of para-hydroxylation sites is 1. The summed E-state index contributed by atoms with van der Waals surface area (Å²) in [6, 6.07) is 19.8. The molecule has 1 heterocycles. The van der Waals surface area contributed by atoms with Gasteiger partial charge < -0.3 is 14.1 Å². The minimum atomic E-state index is -0.0748. The maximum absolute atomic E-state index is 12.8. The highest BCUT2D eigenvalue weighted by molar-refractivity contribution is 5.77. The molecule has 0 saturated carbocycles. The smallest absolute Gasteiger partial charge is 0.261 e. The van der Waals surface area contributed by atoms with Crippen LogP contribution in [0.15, 0.2) is 71.3 Å². The van der Waals surface area contributed by atoms with E-state index in [1.807, 2.05) is 43.3 Å². The maximum atomic E-state index is 12.8. The van der Waals surface area contributed by atoms with E-state index in [-0.39, 0.29) is 12.5 Å². The molecule has 0 aliphatic rings. The van der Waals surface area contributed by atoms with Crippen molar-refractivity contribution in [3.63, 3.8) is 0 Å². The van der Waals surface area contributed by atoms with Crippen LogP contribution < -0.4 is 4.74 Å². The van der Waals surface area contributed by atoms with Crippen LogP contribution in [0.1, 0.15) is 29.4 Å². The molecule has 0 unspecified atom stereocenters. The van der Waals surface area contributed by atoms with Crippen LogP contribution >= 0.6 is 0 Å². The minimum absolute atomic E-state index is 0.00138. The second kappa shape index (κ2) is 9.08. The molecule has 27 heavy (non-hydrogen) atoms. The van der Waals surface area contributed by atoms with Gasteiger partial charge in [-0.25, -0.2) is 0 Å². The fourth-order valence-electron chi connectivity index (χ4n) is 2.87. The molecule has 0 aliphatic carbocycles. The Morgan fingerprint density at radius 1 is 0.963 bits per heavy atom. The van der Waals surface area contributed by atoms with E-state index in [9.17, 15) is 4.79 Å². The third-order valence-corrected chi connectivity index (χ3v) is 4.53. The van der Waals surface area contributed by atoms with E-state index in [0.717, 1.165) is 29.1 Å². The summed E-state index contributed by atoms with van der Waals surface area (Å²) in [4.78, 5) is 14.6. The van der Waals surface area contributed by atoms with Gasteiger partial charge in [0.15, 0.2) is 6.61 Å². The van der Waals surface area contributed by atoms with Gasteiger partial charge >= 0.3 is 0 Å². The normalized spacial score (nSPS) is 10.6. The van der Waals surface area contributed by atoms with Crippen molar-refractivity contribution in [1.29, 1.82) is 0 Å². The lowest BCUT2D eigenvalue weighted by Crippen LogP contribution is -2.34. The molecule has 4 nitrogen and oxygen atoms in total. The number of amides is 1. The van der Waals surface area contributed by atoms with Crippen LogP contribution in [0.25, 0.3) is 0 Å². The highest BCUT2D eigenvalue weighted by Crippen LogP contribution is 2.17. The monoisotopic (exact) mass is 363 g/mol. The Bertz CT molecular complexity index is 854. The molecule has 3 aromatic rings. The Labute approximate surface area is 160 Å². The first-order chi connectivity index (χ1) is 13.2. The van der Waals surface area contributed by atoms with Crippen molar-refractivity contribution in [3.8, 4) is 5.75 Å². The first kappa shape index (κ1) is 18.8. The Morgan fingerprint density at radius 3 is 2.37 bits per heavy atom. The predicted molar refractivity (Wildman–Crippen MR) is 105 cm³/mol. The molecule has 1 aromatic heterocycles. The van der Waals surface area contributed by atoms with E-state index in [4.69, 9.17) is 9.15 Å². The molecule has 1 amide bonds. The van der Waals surface area contributed by atoms with Gasteiger partial charge in [0.2, 0.25) is 0 Å². The van der Waals surface area contributed by atoms with Gasteiger partial charge in [-0.15, -0.1) is 0 Å². The predicted octanol–water partition coefficient (Wildman–Crippen LogP) is 4.76. The van der Waals surface area contributed by atoms with Crippen LogP contribution in [0, 0.1) is 6.92 Å². The van der Waals surface area contributed by atoms with Gasteiger partial charge in [-0.3, -0.25) is 4.79 Å². The summed E-state index contributed by atoms with van der Waals surface area (Å²) in [6.07, 6.45) is 2.62. The average molecular weight is 363 g/mol. The van der Waals surface area contributed by atoms with Crippen LogP contribution in [0.5, 0.6) is 5.75 Å². The van der Waals surface area contributed by atoms with Crippen LogP contribution in [0.4, 0.5) is 0 Å². The quantitative estimate of drug-likeness (QED) is 0.579. The molecule has 0 aliphatic heterocycles. The van der Waals surface area contributed by atoms with Crippen molar-refractivity contribution in [2.75, 3.05) is 6.61 Å². The number of ether oxygens (including phenoxy) is 1. The van der Waals surface area contributed by atoms with Crippen molar-refractivity contribution in [1.82, 2.24) is 4.90 Å². The second-order valence-corrected chi connectivity index (χ2v) is 6.55. The molecular formula is C23H25NO3. The molecule has 0 radical (unpaired) electrons. The van der Waals surface area contributed by atoms with Gasteiger partial charge in [0.05, 0.1) is 12.8 Å². The zero-order valence-electron chi connectivity index (χ0n) is 15.9. The highest BCUT2D eigenvalue weighted by Gasteiger charge is 2.17. The lowest BCUT2D eigenvalue weighted by molar-refractivity contribution is -0.134. The first-order valence-electron chi connectivity index (χ1n) is 9.22. The fraction of sp³-hybridized carbons (Fsp3) is 0.261. The number of rotatable bonds is 8. The van der Waals surface area contributed by atoms with Crippen LogP contribution in [-0.4, -0.2) is 17.4 Å². The molecule has 0 N–H and O–H groups in total. The first-order valence-corrected chi connectivity index (χ1v) is 9.22. The zero-order valence-corrected chi connectivity index (χ0v) is 15.9. The third-order valence-electron chi connectivity index (χ3n) is 4.53. The van der Waals surface area contributed by atoms with Crippen molar-refractivity contribution < 1.29 is 13.9 Å². The van der Waals surface area contributed by atoms with E-state index in [1.165, 1.54) is 5.56 Å². The van der Waals surface area contributed by atoms with E-state index in [0.29, 0.717) is 13.1 Å². The second-order valence-electron chi connectivity index (χ2n) is 6.55. The third kappa shape index (κ3) is 5.23. The Kier molecular flexibility index (Phi) is 6.31. The summed E-state index contributed by atoms with van der Waals surface area (Å²) in [5.74, 6) is 1.41. The number of carbonyl (C=O) groups is 1. The lowest BCUT2D eigenvalue weighted by atomic mass is 10.1. The van der Waals surface area contributed by atoms with E-state index >= 15 is 0 Å². The summed E-state index contributed by atoms with van der Waals surface area (Å²) in [7, 11) is 0. The van der Waals surface area contributed by atoms with Gasteiger partial charge in [0, 0.05) is 6.54 Å². The SMILES string of the molecule is CCc1ccc(CN(Cc2ccco2)C(=O)COc2ccccc2C)cc1. The molecule has 0 saturated heterocycles. The molecule has 3 rings (SSSR count). The molecule has 140 valence electrons. The summed E-state index contributed by atoms with van der Waals surface area (Å²) < 4.78 is 11.2. The van der Waals surface area contributed by atoms with Gasteiger partial charge in [-0.2, -0.15) is 0 Å². The van der Waals surface area contributed by atoms with Crippen LogP contribution in [0.2, 0.25) is 0 Å². The maximum Gasteiger partial charge on any atom is 0.261 e. The van der Waals surface area contributed by atoms with Gasteiger partial charge in [-0.05, 0) is 48.2 Å². The number of hydrogen-bond donors (Lipinski definition) is 0. The number of nitrogens with zero attached hydrogens (tertiary/aromatic N) is 1. The molecule has 0 bridgehead atoms. The Morgan fingerprint density at radius 2 is 1.70 bits per heavy atom. The average Bonchev–Trinajstić information content (AvgIpc) is 3.20. The minimum Gasteiger partial charge on any atom is -0.484 e. The highest BCUT2D eigenvalue weighted by atomic mass is 16.5. The van der Waals surface area contributed by atoms with Crippen molar-refractivity contribution >= 4 is 5.91 Å². The van der Waals surface area contributed by atoms with Crippen molar-refractivity contribution in [2.45, 2.75) is 33.4 Å². The summed E-state index contributed by atoms with van der Waals surface area (Å²) in [5.41, 5.74) is 3.38. The molecule has 2 aromatic carbocycles. The standard InChI is InChI=1S/C23H25NO3/c1-3-19-10-12-20(13-11-19)15-24(16-21-8-6-14-26-21)23(25)17-27-22-9-5-4-7-18(22)2/h4-14H,3,15-17H2,1-2H3. The fourth-order valence-corrected chi connectivity index (χ4v) is 2.87. The largest absolute Gasteiger partial charge is 0.484 e. The van der Waals surface area contributed by atoms with E-state index in [1.54, 1.807) is 11.2 Å². The van der Waals surface area contributed by atoms with Gasteiger partial charge in [0.25, 0.3) is 5.91 Å². The Balaban J connectivity index is 1.70. The number of furan rings is 1. The van der Waals surface area contributed by atoms with Crippen LogP contribution in [0.3, 0.4) is 0 Å². The number of hydrogen-bond acceptors (Lipinski definition) is 3. The molecule has 0 fully saturated rings. The van der Waals surface area contributed by atoms with E-state index in [2.05, 4.69) is 31.2 Å². The summed E-state index contributed by atoms with van der Waals surface area (Å²) in [5, 5.41) is 0. The number of carbonyl (C=O) groups excluding carboxylic acids is 1.